The molecular formula is C23H21N9. The van der Waals surface area contributed by atoms with Gasteiger partial charge in [-0.3, -0.25) is 14.3 Å². The number of fused-ring (bicyclic) bond motifs is 1. The maximum absolute atomic E-state index is 9.46. The molecule has 0 unspecified atom stereocenters. The molecule has 2 N–H and O–H groups in total. The van der Waals surface area contributed by atoms with Crippen molar-refractivity contribution in [1.29, 1.82) is 10.5 Å². The molecule has 4 heterocycles. The van der Waals surface area contributed by atoms with Crippen LogP contribution in [0.3, 0.4) is 0 Å². The minimum absolute atomic E-state index is 0.300. The van der Waals surface area contributed by atoms with E-state index in [0.717, 1.165) is 10.9 Å². The zero-order chi connectivity index (χ0) is 22.5. The molecule has 4 aromatic rings. The summed E-state index contributed by atoms with van der Waals surface area (Å²) in [6.45, 7) is 1.93. The molecule has 0 amide bonds. The third-order valence-corrected chi connectivity index (χ3v) is 6.21. The molecule has 0 spiro atoms. The van der Waals surface area contributed by atoms with E-state index in [0.29, 0.717) is 47.9 Å². The van der Waals surface area contributed by atoms with E-state index in [1.54, 1.807) is 24.0 Å². The van der Waals surface area contributed by atoms with Crippen molar-refractivity contribution in [3.8, 4) is 34.9 Å². The monoisotopic (exact) mass is 423 g/mol. The van der Waals surface area contributed by atoms with E-state index < -0.39 is 11.0 Å². The van der Waals surface area contributed by atoms with Gasteiger partial charge in [0.1, 0.15) is 22.9 Å². The van der Waals surface area contributed by atoms with Gasteiger partial charge in [-0.05, 0) is 44.0 Å². The Hall–Kier alpha value is -4.24. The van der Waals surface area contributed by atoms with Crippen molar-refractivity contribution in [2.75, 3.05) is 5.73 Å². The van der Waals surface area contributed by atoms with Gasteiger partial charge in [-0.15, -0.1) is 0 Å². The Kier molecular flexibility index (Phi) is 4.24. The van der Waals surface area contributed by atoms with Crippen molar-refractivity contribution in [2.24, 2.45) is 12.5 Å². The van der Waals surface area contributed by atoms with Gasteiger partial charge in [0, 0.05) is 30.9 Å². The molecule has 1 aliphatic rings. The van der Waals surface area contributed by atoms with Gasteiger partial charge in [0.15, 0.2) is 0 Å². The maximum Gasteiger partial charge on any atom is 0.122 e. The largest absolute Gasteiger partial charge is 0.384 e. The summed E-state index contributed by atoms with van der Waals surface area (Å²) < 4.78 is 3.43. The fourth-order valence-corrected chi connectivity index (χ4v) is 4.72. The van der Waals surface area contributed by atoms with Crippen molar-refractivity contribution < 1.29 is 0 Å². The predicted octanol–water partition coefficient (Wildman–Crippen LogP) is 3.41. The smallest absolute Gasteiger partial charge is 0.122 e. The fraction of sp³-hybridized carbons (Fsp3) is 0.304. The van der Waals surface area contributed by atoms with Crippen molar-refractivity contribution in [3.63, 3.8) is 0 Å². The highest BCUT2D eigenvalue weighted by Crippen LogP contribution is 2.54. The fourth-order valence-electron chi connectivity index (χ4n) is 4.72. The summed E-state index contributed by atoms with van der Waals surface area (Å²) in [6.07, 6.45) is 5.09. The molecule has 1 fully saturated rings. The summed E-state index contributed by atoms with van der Waals surface area (Å²) in [5.74, 6) is 0.540. The van der Waals surface area contributed by atoms with Crippen LogP contribution in [-0.2, 0) is 12.6 Å². The standard InChI is InChI=1S/C23H21N9/c1-22(14-25)12-23(13-22,6-7-24)32-9-5-16(30-32)21-15-4-3-8-27-17(15)10-18(28-21)19-11-20(26)31(2)29-19/h3-5,8-11H,6,12-13,26H2,1-2H3/t22-,23+. The minimum Gasteiger partial charge on any atom is -0.384 e. The highest BCUT2D eigenvalue weighted by Gasteiger charge is 2.54. The Morgan fingerprint density at radius 1 is 1.12 bits per heavy atom. The number of nitriles is 2. The van der Waals surface area contributed by atoms with E-state index in [9.17, 15) is 10.5 Å². The molecule has 9 nitrogen and oxygen atoms in total. The number of hydrogen-bond donors (Lipinski definition) is 1. The van der Waals surface area contributed by atoms with Crippen LogP contribution in [0.2, 0.25) is 0 Å². The van der Waals surface area contributed by atoms with Crippen molar-refractivity contribution in [3.05, 3.63) is 42.7 Å². The second-order valence-electron chi connectivity index (χ2n) is 8.74. The first-order valence-corrected chi connectivity index (χ1v) is 10.3. The summed E-state index contributed by atoms with van der Waals surface area (Å²) >= 11 is 0. The second kappa shape index (κ2) is 6.89. The van der Waals surface area contributed by atoms with Crippen molar-refractivity contribution in [2.45, 2.75) is 31.7 Å². The van der Waals surface area contributed by atoms with Crippen LogP contribution in [0.25, 0.3) is 33.7 Å². The average molecular weight is 423 g/mol. The molecule has 0 atom stereocenters. The molecule has 0 saturated heterocycles. The first kappa shape index (κ1) is 19.7. The normalized spacial score (nSPS) is 22.2. The van der Waals surface area contributed by atoms with E-state index in [-0.39, 0.29) is 0 Å². The molecule has 1 aliphatic carbocycles. The minimum atomic E-state index is -0.474. The van der Waals surface area contributed by atoms with Crippen LogP contribution in [0.5, 0.6) is 0 Å². The number of aryl methyl sites for hydroxylation is 1. The molecule has 0 radical (unpaired) electrons. The zero-order valence-corrected chi connectivity index (χ0v) is 17.8. The third-order valence-electron chi connectivity index (χ3n) is 6.21. The van der Waals surface area contributed by atoms with Gasteiger partial charge in [0.2, 0.25) is 0 Å². The number of anilines is 1. The molecule has 5 rings (SSSR count). The molecule has 0 bridgehead atoms. The lowest BCUT2D eigenvalue weighted by Crippen LogP contribution is -2.51. The molecule has 4 aromatic heterocycles. The van der Waals surface area contributed by atoms with Gasteiger partial charge >= 0.3 is 0 Å². The van der Waals surface area contributed by atoms with Gasteiger partial charge < -0.3 is 5.73 Å². The molecule has 9 heteroatoms. The summed E-state index contributed by atoms with van der Waals surface area (Å²) in [6, 6.07) is 14.0. The van der Waals surface area contributed by atoms with Gasteiger partial charge in [0.05, 0.1) is 40.7 Å². The number of rotatable bonds is 4. The SMILES string of the molecule is Cn1nc(-c2cc3ncccc3c(-c3ccn([C@]4(CC#N)C[C@](C)(C#N)C4)n3)n2)cc1N. The molecule has 32 heavy (non-hydrogen) atoms. The van der Waals surface area contributed by atoms with Crippen LogP contribution in [0.4, 0.5) is 5.82 Å². The van der Waals surface area contributed by atoms with Gasteiger partial charge in [0.25, 0.3) is 0 Å². The lowest BCUT2D eigenvalue weighted by Gasteiger charge is -2.50. The van der Waals surface area contributed by atoms with E-state index in [4.69, 9.17) is 15.8 Å². The molecule has 0 aromatic carbocycles. The van der Waals surface area contributed by atoms with Crippen LogP contribution >= 0.6 is 0 Å². The Balaban J connectivity index is 1.62. The van der Waals surface area contributed by atoms with E-state index in [1.807, 2.05) is 42.1 Å². The van der Waals surface area contributed by atoms with E-state index >= 15 is 0 Å². The van der Waals surface area contributed by atoms with Gasteiger partial charge in [-0.2, -0.15) is 20.7 Å². The first-order chi connectivity index (χ1) is 15.4. The zero-order valence-electron chi connectivity index (χ0n) is 17.8. The average Bonchev–Trinajstić information content (AvgIpc) is 3.39. The van der Waals surface area contributed by atoms with Crippen LogP contribution in [0.15, 0.2) is 42.7 Å². The third kappa shape index (κ3) is 2.98. The maximum atomic E-state index is 9.46. The van der Waals surface area contributed by atoms with Crippen LogP contribution in [0, 0.1) is 28.1 Å². The second-order valence-corrected chi connectivity index (χ2v) is 8.74. The molecular weight excluding hydrogens is 402 g/mol. The quantitative estimate of drug-likeness (QED) is 0.531. The van der Waals surface area contributed by atoms with Crippen molar-refractivity contribution in [1.82, 2.24) is 29.5 Å². The lowest BCUT2D eigenvalue weighted by atomic mass is 9.58. The van der Waals surface area contributed by atoms with Crippen LogP contribution in [0.1, 0.15) is 26.2 Å². The topological polar surface area (TPSA) is 135 Å². The first-order valence-electron chi connectivity index (χ1n) is 10.3. The van der Waals surface area contributed by atoms with Crippen LogP contribution in [-0.4, -0.2) is 29.5 Å². The van der Waals surface area contributed by atoms with Crippen LogP contribution < -0.4 is 5.73 Å². The molecule has 0 aliphatic heterocycles. The highest BCUT2D eigenvalue weighted by atomic mass is 15.3. The summed E-state index contributed by atoms with van der Waals surface area (Å²) in [5.41, 5.74) is 8.51. The molecule has 1 saturated carbocycles. The van der Waals surface area contributed by atoms with E-state index in [1.165, 1.54) is 0 Å². The Bertz CT molecular complexity index is 1400. The van der Waals surface area contributed by atoms with Gasteiger partial charge in [-0.1, -0.05) is 0 Å². The number of nitrogens with zero attached hydrogens (tertiary/aromatic N) is 8. The number of pyridine rings is 2. The van der Waals surface area contributed by atoms with Gasteiger partial charge in [-0.25, -0.2) is 4.98 Å². The van der Waals surface area contributed by atoms with Crippen molar-refractivity contribution >= 4 is 16.7 Å². The number of nitrogen functional groups attached to an aromatic ring is 1. The Morgan fingerprint density at radius 2 is 1.94 bits per heavy atom. The Labute approximate surface area is 184 Å². The number of aromatic nitrogens is 6. The Morgan fingerprint density at radius 3 is 2.62 bits per heavy atom. The lowest BCUT2D eigenvalue weighted by molar-refractivity contribution is 0.0200. The predicted molar refractivity (Wildman–Crippen MR) is 119 cm³/mol. The molecule has 158 valence electrons. The summed E-state index contributed by atoms with van der Waals surface area (Å²) in [5, 5.41) is 29.0. The summed E-state index contributed by atoms with van der Waals surface area (Å²) in [4.78, 5) is 9.37. The number of nitrogens with two attached hydrogens (primary N) is 1. The van der Waals surface area contributed by atoms with E-state index in [2.05, 4.69) is 22.2 Å². The number of hydrogen-bond acceptors (Lipinski definition) is 7. The highest BCUT2D eigenvalue weighted by molar-refractivity contribution is 5.93. The summed E-state index contributed by atoms with van der Waals surface area (Å²) in [7, 11) is 1.78.